The summed E-state index contributed by atoms with van der Waals surface area (Å²) in [6.07, 6.45) is 1.20. The van der Waals surface area contributed by atoms with E-state index < -0.39 is 10.9 Å². The first-order valence-corrected chi connectivity index (χ1v) is 9.95. The predicted molar refractivity (Wildman–Crippen MR) is 108 cm³/mol. The van der Waals surface area contributed by atoms with E-state index in [1.807, 2.05) is 29.2 Å². The van der Waals surface area contributed by atoms with Gasteiger partial charge in [0.15, 0.2) is 11.5 Å². The summed E-state index contributed by atoms with van der Waals surface area (Å²) in [5.41, 5.74) is -0.387. The highest BCUT2D eigenvalue weighted by atomic mass is 16.6. The molecule has 8 heteroatoms. The van der Waals surface area contributed by atoms with E-state index in [1.54, 1.807) is 6.92 Å². The fraction of sp³-hybridized carbons (Fsp3) is 0.476. The Morgan fingerprint density at radius 1 is 1.24 bits per heavy atom. The van der Waals surface area contributed by atoms with Crippen molar-refractivity contribution in [3.05, 3.63) is 44.7 Å². The number of nitrogens with zero attached hydrogens (tertiary/aromatic N) is 1. The van der Waals surface area contributed by atoms with Crippen LogP contribution < -0.4 is 30.5 Å². The van der Waals surface area contributed by atoms with Crippen LogP contribution in [0.25, 0.3) is 0 Å². The molecule has 1 fully saturated rings. The van der Waals surface area contributed by atoms with Crippen molar-refractivity contribution in [2.75, 3.05) is 43.1 Å². The van der Waals surface area contributed by atoms with Gasteiger partial charge in [-0.15, -0.1) is 0 Å². The van der Waals surface area contributed by atoms with Crippen molar-refractivity contribution >= 4 is 17.3 Å². The quantitative estimate of drug-likeness (QED) is 0.573. The molecule has 0 bridgehead atoms. The third-order valence-corrected chi connectivity index (χ3v) is 5.32. The average Bonchev–Trinajstić information content (AvgIpc) is 2.76. The Bertz CT molecular complexity index is 964. The molecular formula is C21H24N2O6. The predicted octanol–water partition coefficient (Wildman–Crippen LogP) is 1.31. The summed E-state index contributed by atoms with van der Waals surface area (Å²) in [7, 11) is 0. The smallest absolute Gasteiger partial charge is 0.310 e. The summed E-state index contributed by atoms with van der Waals surface area (Å²) in [5, 5.41) is 3.06. The number of carbonyl (C=O) groups is 1. The summed E-state index contributed by atoms with van der Waals surface area (Å²) in [6, 6.07) is 7.40. The van der Waals surface area contributed by atoms with Crippen LogP contribution in [0.1, 0.15) is 19.8 Å². The zero-order valence-electron chi connectivity index (χ0n) is 16.3. The molecule has 2 aromatic carbocycles. The van der Waals surface area contributed by atoms with E-state index in [-0.39, 0.29) is 18.0 Å². The molecule has 0 radical (unpaired) electrons. The lowest BCUT2D eigenvalue weighted by Crippen LogP contribution is -2.48. The van der Waals surface area contributed by atoms with Crippen LogP contribution in [0.15, 0.2) is 33.9 Å². The molecule has 0 spiro atoms. The van der Waals surface area contributed by atoms with Crippen LogP contribution in [0, 0.1) is 5.92 Å². The van der Waals surface area contributed by atoms with Gasteiger partial charge >= 0.3 is 5.97 Å². The van der Waals surface area contributed by atoms with Gasteiger partial charge in [0.2, 0.25) is 0 Å². The van der Waals surface area contributed by atoms with Gasteiger partial charge in [-0.2, -0.15) is 0 Å². The molecule has 29 heavy (non-hydrogen) atoms. The number of esters is 1. The molecule has 2 aliphatic heterocycles. The Morgan fingerprint density at radius 3 is 2.83 bits per heavy atom. The fourth-order valence-corrected chi connectivity index (χ4v) is 3.86. The minimum atomic E-state index is -0.532. The molecule has 2 aromatic rings. The third-order valence-electron chi connectivity index (χ3n) is 5.32. The van der Waals surface area contributed by atoms with E-state index in [1.165, 1.54) is 0 Å². The van der Waals surface area contributed by atoms with Crippen LogP contribution in [0.3, 0.4) is 0 Å². The number of hydrogen-bond donors (Lipinski definition) is 1. The minimum absolute atomic E-state index is 0.253. The second kappa shape index (κ2) is 8.14. The summed E-state index contributed by atoms with van der Waals surface area (Å²) in [4.78, 5) is 38.3. The molecule has 8 nitrogen and oxygen atoms in total. The first-order valence-electron chi connectivity index (χ1n) is 9.95. The fourth-order valence-electron chi connectivity index (χ4n) is 3.86. The molecule has 1 saturated heterocycles. The lowest BCUT2D eigenvalue weighted by molar-refractivity contribution is -0.148. The van der Waals surface area contributed by atoms with Gasteiger partial charge in [-0.05, 0) is 31.9 Å². The van der Waals surface area contributed by atoms with Gasteiger partial charge in [-0.3, -0.25) is 14.4 Å². The number of piperidine rings is 1. The number of nitrogens with one attached hydrogen (secondary N) is 1. The topological polar surface area (TPSA) is 94.2 Å². The van der Waals surface area contributed by atoms with Gasteiger partial charge < -0.3 is 24.4 Å². The molecule has 1 N–H and O–H groups in total. The summed E-state index contributed by atoms with van der Waals surface area (Å²) in [5.74, 6) is 0.810. The number of fused-ring (bicyclic) bond motifs is 1. The summed E-state index contributed by atoms with van der Waals surface area (Å²) < 4.78 is 16.7. The van der Waals surface area contributed by atoms with Crippen molar-refractivity contribution in [2.45, 2.75) is 25.9 Å². The number of benzene rings is 1. The van der Waals surface area contributed by atoms with E-state index in [0.717, 1.165) is 12.8 Å². The van der Waals surface area contributed by atoms with E-state index >= 15 is 0 Å². The largest absolute Gasteiger partial charge is 0.486 e. The van der Waals surface area contributed by atoms with Crippen molar-refractivity contribution in [3.8, 4) is 11.5 Å². The van der Waals surface area contributed by atoms with Crippen molar-refractivity contribution < 1.29 is 19.0 Å². The highest BCUT2D eigenvalue weighted by Gasteiger charge is 2.33. The molecule has 4 rings (SSSR count). The Kier molecular flexibility index (Phi) is 5.42. The van der Waals surface area contributed by atoms with Gasteiger partial charge in [0.05, 0.1) is 19.1 Å². The normalized spacial score (nSPS) is 21.1. The Morgan fingerprint density at radius 2 is 2.03 bits per heavy atom. The molecule has 0 saturated carbocycles. The lowest BCUT2D eigenvalue weighted by Gasteiger charge is -2.35. The number of carbonyl (C=O) groups excluding carboxylic acids is 1. The standard InChI is InChI=1S/C21H24N2O6/c1-2-27-21(26)13-6-5-9-23(11-13)18-17(19(24)20(18)25)22-10-14-12-28-15-7-3-4-8-16(15)29-14/h3-4,7-8,13-14,22H,2,5-6,9-12H2,1H3. The van der Waals surface area contributed by atoms with Crippen molar-refractivity contribution in [1.29, 1.82) is 0 Å². The second-order valence-electron chi connectivity index (χ2n) is 7.30. The van der Waals surface area contributed by atoms with Crippen LogP contribution in [0.5, 0.6) is 11.5 Å². The van der Waals surface area contributed by atoms with Gasteiger partial charge in [0, 0.05) is 13.1 Å². The van der Waals surface area contributed by atoms with Crippen LogP contribution in [0.2, 0.25) is 0 Å². The second-order valence-corrected chi connectivity index (χ2v) is 7.30. The van der Waals surface area contributed by atoms with Crippen molar-refractivity contribution in [1.82, 2.24) is 0 Å². The Labute approximate surface area is 168 Å². The third kappa shape index (κ3) is 3.79. The van der Waals surface area contributed by atoms with E-state index in [9.17, 15) is 14.4 Å². The van der Waals surface area contributed by atoms with E-state index in [4.69, 9.17) is 14.2 Å². The van der Waals surface area contributed by atoms with Gasteiger partial charge in [-0.25, -0.2) is 0 Å². The van der Waals surface area contributed by atoms with Gasteiger partial charge in [-0.1, -0.05) is 12.1 Å². The maximum absolute atomic E-state index is 12.2. The molecule has 2 atom stereocenters. The lowest BCUT2D eigenvalue weighted by atomic mass is 9.96. The number of para-hydroxylation sites is 2. The number of hydrogen-bond acceptors (Lipinski definition) is 8. The first-order chi connectivity index (χ1) is 14.1. The van der Waals surface area contributed by atoms with Crippen LogP contribution in [-0.4, -0.2) is 44.9 Å². The highest BCUT2D eigenvalue weighted by Crippen LogP contribution is 2.31. The Hall–Kier alpha value is -3.03. The molecule has 2 unspecified atom stereocenters. The number of anilines is 2. The van der Waals surface area contributed by atoms with Gasteiger partial charge in [0.1, 0.15) is 24.1 Å². The molecule has 0 aliphatic carbocycles. The zero-order valence-corrected chi connectivity index (χ0v) is 16.3. The molecule has 0 aromatic heterocycles. The average molecular weight is 400 g/mol. The molecule has 0 amide bonds. The minimum Gasteiger partial charge on any atom is -0.486 e. The maximum Gasteiger partial charge on any atom is 0.310 e. The molecule has 2 aliphatic rings. The van der Waals surface area contributed by atoms with E-state index in [2.05, 4.69) is 5.32 Å². The number of ether oxygens (including phenoxy) is 3. The maximum atomic E-state index is 12.2. The van der Waals surface area contributed by atoms with Crippen molar-refractivity contribution in [3.63, 3.8) is 0 Å². The van der Waals surface area contributed by atoms with Crippen LogP contribution in [-0.2, 0) is 9.53 Å². The molecular weight excluding hydrogens is 376 g/mol. The zero-order chi connectivity index (χ0) is 20.4. The first kappa shape index (κ1) is 19.3. The van der Waals surface area contributed by atoms with E-state index in [0.29, 0.717) is 55.7 Å². The van der Waals surface area contributed by atoms with Crippen LogP contribution >= 0.6 is 0 Å². The highest BCUT2D eigenvalue weighted by molar-refractivity contribution is 5.78. The monoisotopic (exact) mass is 400 g/mol. The van der Waals surface area contributed by atoms with Gasteiger partial charge in [0.25, 0.3) is 10.9 Å². The van der Waals surface area contributed by atoms with Crippen LogP contribution in [0.4, 0.5) is 11.4 Å². The summed E-state index contributed by atoms with van der Waals surface area (Å²) in [6.45, 7) is 3.80. The molecule has 154 valence electrons. The summed E-state index contributed by atoms with van der Waals surface area (Å²) >= 11 is 0. The SMILES string of the molecule is CCOC(=O)C1CCCN(c2c(NCC3COc4ccccc4O3)c(=O)c2=O)C1. The molecule has 2 heterocycles. The number of rotatable bonds is 6. The van der Waals surface area contributed by atoms with Crippen molar-refractivity contribution in [2.24, 2.45) is 5.92 Å². The Balaban J connectivity index is 1.41.